The molecule has 0 aliphatic heterocycles. The number of benzene rings is 4. The fourth-order valence-electron chi connectivity index (χ4n) is 4.14. The lowest BCUT2D eigenvalue weighted by Crippen LogP contribution is -2.00. The summed E-state index contributed by atoms with van der Waals surface area (Å²) in [5, 5.41) is 5.54. The van der Waals surface area contributed by atoms with Gasteiger partial charge in [0.1, 0.15) is 16.9 Å². The summed E-state index contributed by atoms with van der Waals surface area (Å²) in [7, 11) is 1.58. The van der Waals surface area contributed by atoms with Gasteiger partial charge >= 0.3 is 5.63 Å². The lowest BCUT2D eigenvalue weighted by Gasteiger charge is -2.06. The first-order chi connectivity index (χ1) is 14.7. The van der Waals surface area contributed by atoms with Gasteiger partial charge in [-0.3, -0.25) is 0 Å². The van der Waals surface area contributed by atoms with Crippen molar-refractivity contribution >= 4 is 43.5 Å². The quantitative estimate of drug-likeness (QED) is 0.249. The van der Waals surface area contributed by atoms with Crippen molar-refractivity contribution in [2.24, 2.45) is 0 Å². The number of hydrogen-bond donors (Lipinski definition) is 0. The van der Waals surface area contributed by atoms with Crippen LogP contribution < -0.4 is 10.4 Å². The highest BCUT2D eigenvalue weighted by atomic mass is 16.5. The largest absolute Gasteiger partial charge is 0.497 e. The van der Waals surface area contributed by atoms with E-state index in [1.165, 1.54) is 10.8 Å². The van der Waals surface area contributed by atoms with Crippen molar-refractivity contribution < 1.29 is 13.6 Å². The van der Waals surface area contributed by atoms with Gasteiger partial charge in [0, 0.05) is 27.8 Å². The summed E-state index contributed by atoms with van der Waals surface area (Å²) in [4.78, 5) is 12.5. The number of fused-ring (bicyclic) bond motifs is 5. The summed E-state index contributed by atoms with van der Waals surface area (Å²) < 4.78 is 16.7. The van der Waals surface area contributed by atoms with Gasteiger partial charge in [0.05, 0.1) is 18.8 Å². The molecule has 6 aromatic rings. The average molecular weight is 392 g/mol. The van der Waals surface area contributed by atoms with E-state index in [4.69, 9.17) is 13.6 Å². The van der Waals surface area contributed by atoms with Crippen molar-refractivity contribution in [2.45, 2.75) is 0 Å². The van der Waals surface area contributed by atoms with Crippen molar-refractivity contribution in [1.82, 2.24) is 0 Å². The van der Waals surface area contributed by atoms with E-state index in [0.717, 1.165) is 27.3 Å². The highest BCUT2D eigenvalue weighted by molar-refractivity contribution is 6.11. The Morgan fingerprint density at radius 3 is 2.47 bits per heavy atom. The normalized spacial score (nSPS) is 11.6. The minimum atomic E-state index is -0.392. The molecule has 0 spiro atoms. The van der Waals surface area contributed by atoms with Crippen molar-refractivity contribution in [3.05, 3.63) is 89.5 Å². The number of methoxy groups -OCH3 is 1. The third-order valence-electron chi connectivity index (χ3n) is 5.68. The third-order valence-corrected chi connectivity index (χ3v) is 5.68. The zero-order valence-corrected chi connectivity index (χ0v) is 16.1. The summed E-state index contributed by atoms with van der Waals surface area (Å²) in [6.45, 7) is 0. The Bertz CT molecular complexity index is 1650. The van der Waals surface area contributed by atoms with Crippen LogP contribution in [0, 0.1) is 0 Å². The van der Waals surface area contributed by atoms with Crippen molar-refractivity contribution in [3.63, 3.8) is 0 Å². The minimum Gasteiger partial charge on any atom is -0.497 e. The van der Waals surface area contributed by atoms with E-state index in [2.05, 4.69) is 30.3 Å². The standard InChI is InChI=1S/C26H16O4/c1-28-18-8-9-19-20-12-21-23(17-7-6-15-4-2-3-5-16(15)10-17)14-29-24(21)13-25(20)30-26(27)22(19)11-18/h2-14H,1H3. The Labute approximate surface area is 170 Å². The van der Waals surface area contributed by atoms with E-state index in [1.807, 2.05) is 30.3 Å². The maximum atomic E-state index is 12.5. The zero-order chi connectivity index (χ0) is 20.2. The Balaban J connectivity index is 1.65. The van der Waals surface area contributed by atoms with E-state index in [1.54, 1.807) is 25.5 Å². The van der Waals surface area contributed by atoms with E-state index < -0.39 is 5.63 Å². The first-order valence-corrected chi connectivity index (χ1v) is 9.66. The first-order valence-electron chi connectivity index (χ1n) is 9.66. The highest BCUT2D eigenvalue weighted by Gasteiger charge is 2.14. The lowest BCUT2D eigenvalue weighted by atomic mass is 9.99. The average Bonchev–Trinajstić information content (AvgIpc) is 3.20. The van der Waals surface area contributed by atoms with Crippen molar-refractivity contribution in [3.8, 4) is 16.9 Å². The summed E-state index contributed by atoms with van der Waals surface area (Å²) in [5.74, 6) is 0.621. The summed E-state index contributed by atoms with van der Waals surface area (Å²) in [5.41, 5.74) is 2.88. The fourth-order valence-corrected chi connectivity index (χ4v) is 4.14. The zero-order valence-electron chi connectivity index (χ0n) is 16.1. The smallest absolute Gasteiger partial charge is 0.344 e. The monoisotopic (exact) mass is 392 g/mol. The Morgan fingerprint density at radius 1 is 0.733 bits per heavy atom. The van der Waals surface area contributed by atoms with Gasteiger partial charge in [-0.15, -0.1) is 0 Å². The van der Waals surface area contributed by atoms with Crippen LogP contribution in [0.25, 0.3) is 54.6 Å². The number of furan rings is 1. The maximum absolute atomic E-state index is 12.5. The number of hydrogen-bond acceptors (Lipinski definition) is 4. The molecule has 2 aromatic heterocycles. The van der Waals surface area contributed by atoms with Gasteiger partial charge in [-0.2, -0.15) is 0 Å². The molecule has 0 saturated carbocycles. The van der Waals surface area contributed by atoms with E-state index in [0.29, 0.717) is 22.3 Å². The van der Waals surface area contributed by atoms with Crippen LogP contribution >= 0.6 is 0 Å². The number of rotatable bonds is 2. The molecule has 0 radical (unpaired) electrons. The summed E-state index contributed by atoms with van der Waals surface area (Å²) >= 11 is 0. The van der Waals surface area contributed by atoms with E-state index in [-0.39, 0.29) is 0 Å². The molecule has 0 aliphatic rings. The number of ether oxygens (including phenoxy) is 1. The van der Waals surface area contributed by atoms with Gasteiger partial charge in [-0.05, 0) is 46.7 Å². The molecule has 30 heavy (non-hydrogen) atoms. The molecule has 2 heterocycles. The van der Waals surface area contributed by atoms with Crippen LogP contribution in [0.4, 0.5) is 0 Å². The molecule has 0 amide bonds. The van der Waals surface area contributed by atoms with Gasteiger partial charge < -0.3 is 13.6 Å². The molecule has 4 nitrogen and oxygen atoms in total. The molecule has 6 rings (SSSR count). The van der Waals surface area contributed by atoms with Crippen molar-refractivity contribution in [1.29, 1.82) is 0 Å². The van der Waals surface area contributed by atoms with Crippen molar-refractivity contribution in [2.75, 3.05) is 7.11 Å². The molecule has 0 fully saturated rings. The molecule has 0 N–H and O–H groups in total. The Morgan fingerprint density at radius 2 is 1.60 bits per heavy atom. The van der Waals surface area contributed by atoms with Gasteiger partial charge in [-0.1, -0.05) is 36.4 Å². The second-order valence-electron chi connectivity index (χ2n) is 7.36. The molecule has 144 valence electrons. The second-order valence-corrected chi connectivity index (χ2v) is 7.36. The van der Waals surface area contributed by atoms with Crippen LogP contribution in [0.5, 0.6) is 5.75 Å². The van der Waals surface area contributed by atoms with Gasteiger partial charge in [0.2, 0.25) is 0 Å². The molecule has 0 atom stereocenters. The first kappa shape index (κ1) is 16.9. The molecule has 4 heteroatoms. The van der Waals surface area contributed by atoms with E-state index >= 15 is 0 Å². The third kappa shape index (κ3) is 2.44. The predicted octanol–water partition coefficient (Wildman–Crippen LogP) is 6.52. The van der Waals surface area contributed by atoms with Gasteiger partial charge in [0.15, 0.2) is 0 Å². The molecule has 0 aliphatic carbocycles. The fraction of sp³-hybridized carbons (Fsp3) is 0.0385. The Hall–Kier alpha value is -4.05. The topological polar surface area (TPSA) is 52.6 Å². The lowest BCUT2D eigenvalue weighted by molar-refractivity contribution is 0.415. The van der Waals surface area contributed by atoms with Crippen LogP contribution in [-0.4, -0.2) is 7.11 Å². The highest BCUT2D eigenvalue weighted by Crippen LogP contribution is 2.36. The Kier molecular flexibility index (Phi) is 3.50. The van der Waals surface area contributed by atoms with Crippen LogP contribution in [0.3, 0.4) is 0 Å². The second kappa shape index (κ2) is 6.22. The minimum absolute atomic E-state index is 0.392. The molecule has 4 aromatic carbocycles. The van der Waals surface area contributed by atoms with Gasteiger partial charge in [0.25, 0.3) is 0 Å². The molecular weight excluding hydrogens is 376 g/mol. The van der Waals surface area contributed by atoms with Crippen LogP contribution in [0.15, 0.2) is 92.7 Å². The molecular formula is C26H16O4. The molecule has 0 saturated heterocycles. The van der Waals surface area contributed by atoms with Crippen LogP contribution in [0.1, 0.15) is 0 Å². The summed E-state index contributed by atoms with van der Waals surface area (Å²) in [6, 6.07) is 24.0. The molecule has 0 unspecified atom stereocenters. The van der Waals surface area contributed by atoms with Crippen LogP contribution in [-0.2, 0) is 0 Å². The SMILES string of the molecule is COc1ccc2c(c1)c(=O)oc1cc3occ(-c4ccc5ccccc5c4)c3cc12. The predicted molar refractivity (Wildman–Crippen MR) is 119 cm³/mol. The molecule has 0 bridgehead atoms. The van der Waals surface area contributed by atoms with Crippen LogP contribution in [0.2, 0.25) is 0 Å². The van der Waals surface area contributed by atoms with Gasteiger partial charge in [-0.25, -0.2) is 4.79 Å². The summed E-state index contributed by atoms with van der Waals surface area (Å²) in [6.07, 6.45) is 1.76. The maximum Gasteiger partial charge on any atom is 0.344 e. The van der Waals surface area contributed by atoms with E-state index in [9.17, 15) is 4.79 Å².